The van der Waals surface area contributed by atoms with Crippen LogP contribution in [0.2, 0.25) is 0 Å². The number of benzene rings is 1. The summed E-state index contributed by atoms with van der Waals surface area (Å²) in [7, 11) is 5.22. The molecule has 1 amide bonds. The second kappa shape index (κ2) is 8.20. The van der Waals surface area contributed by atoms with Gasteiger partial charge in [-0.15, -0.1) is 0 Å². The summed E-state index contributed by atoms with van der Waals surface area (Å²) in [6.07, 6.45) is 4.86. The lowest BCUT2D eigenvalue weighted by Crippen LogP contribution is -2.39. The number of amides is 1. The van der Waals surface area contributed by atoms with E-state index in [9.17, 15) is 4.79 Å². The summed E-state index contributed by atoms with van der Waals surface area (Å²) in [5, 5.41) is 2.93. The van der Waals surface area contributed by atoms with Crippen molar-refractivity contribution in [1.29, 1.82) is 0 Å². The normalized spacial score (nSPS) is 21.1. The third kappa shape index (κ3) is 4.86. The van der Waals surface area contributed by atoms with Crippen molar-refractivity contribution < 1.29 is 14.3 Å². The highest BCUT2D eigenvalue weighted by atomic mass is 16.5. The van der Waals surface area contributed by atoms with Crippen molar-refractivity contribution in [3.05, 3.63) is 18.2 Å². The number of carbonyl (C=O) groups excluding carboxylic acids is 1. The van der Waals surface area contributed by atoms with Gasteiger partial charge in [-0.3, -0.25) is 9.69 Å². The van der Waals surface area contributed by atoms with E-state index in [0.29, 0.717) is 29.8 Å². The molecule has 1 aromatic carbocycles. The van der Waals surface area contributed by atoms with E-state index in [-0.39, 0.29) is 5.91 Å². The highest BCUT2D eigenvalue weighted by Gasteiger charge is 2.23. The van der Waals surface area contributed by atoms with Crippen molar-refractivity contribution >= 4 is 11.6 Å². The Morgan fingerprint density at radius 3 is 2.52 bits per heavy atom. The summed E-state index contributed by atoms with van der Waals surface area (Å²) >= 11 is 0. The van der Waals surface area contributed by atoms with E-state index in [4.69, 9.17) is 9.47 Å². The van der Waals surface area contributed by atoms with Crippen LogP contribution in [0.15, 0.2) is 18.2 Å². The van der Waals surface area contributed by atoms with Crippen LogP contribution in [0, 0.1) is 5.92 Å². The standard InChI is InChI=1S/C18H28N2O3/c1-13-5-7-14(8-6-13)20(2)12-18(21)19-16-10-9-15(22-3)11-17(16)23-4/h9-11,13-14H,5-8,12H2,1-4H3,(H,19,21). The number of methoxy groups -OCH3 is 2. The molecule has 23 heavy (non-hydrogen) atoms. The molecule has 0 saturated heterocycles. The van der Waals surface area contributed by atoms with Crippen molar-refractivity contribution in [2.45, 2.75) is 38.6 Å². The molecule has 0 heterocycles. The molecule has 1 saturated carbocycles. The van der Waals surface area contributed by atoms with Crippen molar-refractivity contribution in [3.8, 4) is 11.5 Å². The zero-order chi connectivity index (χ0) is 16.8. The van der Waals surface area contributed by atoms with Crippen LogP contribution in [-0.2, 0) is 4.79 Å². The van der Waals surface area contributed by atoms with Crippen LogP contribution < -0.4 is 14.8 Å². The van der Waals surface area contributed by atoms with Crippen LogP contribution in [0.1, 0.15) is 32.6 Å². The van der Waals surface area contributed by atoms with Gasteiger partial charge in [0.25, 0.3) is 0 Å². The van der Waals surface area contributed by atoms with Crippen LogP contribution in [0.3, 0.4) is 0 Å². The fraction of sp³-hybridized carbons (Fsp3) is 0.611. The van der Waals surface area contributed by atoms with Crippen molar-refractivity contribution in [3.63, 3.8) is 0 Å². The highest BCUT2D eigenvalue weighted by Crippen LogP contribution is 2.29. The molecule has 5 heteroatoms. The van der Waals surface area contributed by atoms with E-state index < -0.39 is 0 Å². The average molecular weight is 320 g/mol. The van der Waals surface area contributed by atoms with Gasteiger partial charge < -0.3 is 14.8 Å². The first-order chi connectivity index (χ1) is 11.0. The molecular weight excluding hydrogens is 292 g/mol. The van der Waals surface area contributed by atoms with Gasteiger partial charge in [0, 0.05) is 12.1 Å². The molecule has 1 fully saturated rings. The van der Waals surface area contributed by atoms with E-state index >= 15 is 0 Å². The summed E-state index contributed by atoms with van der Waals surface area (Å²) in [6, 6.07) is 5.89. The molecule has 128 valence electrons. The summed E-state index contributed by atoms with van der Waals surface area (Å²) in [4.78, 5) is 14.5. The molecule has 5 nitrogen and oxygen atoms in total. The van der Waals surface area contributed by atoms with Gasteiger partial charge in [0.2, 0.25) is 5.91 Å². The van der Waals surface area contributed by atoms with Gasteiger partial charge in [-0.2, -0.15) is 0 Å². The minimum Gasteiger partial charge on any atom is -0.497 e. The molecule has 1 aliphatic rings. The second-order valence-corrected chi connectivity index (χ2v) is 6.44. The minimum atomic E-state index is -0.0189. The Balaban J connectivity index is 1.91. The second-order valence-electron chi connectivity index (χ2n) is 6.44. The molecule has 2 rings (SSSR count). The number of nitrogens with one attached hydrogen (secondary N) is 1. The smallest absolute Gasteiger partial charge is 0.238 e. The maximum atomic E-state index is 12.3. The molecule has 0 spiro atoms. The number of carbonyl (C=O) groups is 1. The fourth-order valence-corrected chi connectivity index (χ4v) is 3.13. The first-order valence-corrected chi connectivity index (χ1v) is 8.25. The maximum Gasteiger partial charge on any atom is 0.238 e. The summed E-state index contributed by atoms with van der Waals surface area (Å²) in [6.45, 7) is 2.70. The number of likely N-dealkylation sites (N-methyl/N-ethyl adjacent to an activating group) is 1. The van der Waals surface area contributed by atoms with Gasteiger partial charge in [-0.25, -0.2) is 0 Å². The number of ether oxygens (including phenoxy) is 2. The van der Waals surface area contributed by atoms with Gasteiger partial charge in [0.15, 0.2) is 0 Å². The van der Waals surface area contributed by atoms with Crippen molar-refractivity contribution in [1.82, 2.24) is 4.90 Å². The molecule has 0 atom stereocenters. The molecule has 1 aliphatic carbocycles. The first-order valence-electron chi connectivity index (χ1n) is 8.25. The topological polar surface area (TPSA) is 50.8 Å². The lowest BCUT2D eigenvalue weighted by molar-refractivity contribution is -0.117. The van der Waals surface area contributed by atoms with Gasteiger partial charge in [0.05, 0.1) is 26.5 Å². The Kier molecular flexibility index (Phi) is 6.28. The van der Waals surface area contributed by atoms with E-state index in [1.54, 1.807) is 26.4 Å². The number of rotatable bonds is 6. The number of hydrogen-bond acceptors (Lipinski definition) is 4. The molecule has 0 bridgehead atoms. The van der Waals surface area contributed by atoms with Gasteiger partial charge in [0.1, 0.15) is 11.5 Å². The summed E-state index contributed by atoms with van der Waals surface area (Å²) in [5.74, 6) is 2.10. The fourth-order valence-electron chi connectivity index (χ4n) is 3.13. The maximum absolute atomic E-state index is 12.3. The Hall–Kier alpha value is -1.75. The SMILES string of the molecule is COc1ccc(NC(=O)CN(C)C2CCC(C)CC2)c(OC)c1. The zero-order valence-electron chi connectivity index (χ0n) is 14.6. The molecular formula is C18H28N2O3. The average Bonchev–Trinajstić information content (AvgIpc) is 2.55. The van der Waals surface area contributed by atoms with Crippen LogP contribution in [0.5, 0.6) is 11.5 Å². The zero-order valence-corrected chi connectivity index (χ0v) is 14.6. The Morgan fingerprint density at radius 1 is 1.22 bits per heavy atom. The molecule has 1 aromatic rings. The summed E-state index contributed by atoms with van der Waals surface area (Å²) in [5.41, 5.74) is 0.670. The monoisotopic (exact) mass is 320 g/mol. The van der Waals surface area contributed by atoms with Gasteiger partial charge in [-0.05, 0) is 50.8 Å². The molecule has 0 aromatic heterocycles. The Bertz CT molecular complexity index is 525. The predicted molar refractivity (Wildman–Crippen MR) is 92.2 cm³/mol. The Labute approximate surface area is 139 Å². The predicted octanol–water partition coefficient (Wildman–Crippen LogP) is 3.15. The van der Waals surface area contributed by atoms with Crippen LogP contribution in [-0.4, -0.2) is 44.7 Å². The largest absolute Gasteiger partial charge is 0.497 e. The van der Waals surface area contributed by atoms with Crippen molar-refractivity contribution in [2.75, 3.05) is 33.1 Å². The molecule has 1 N–H and O–H groups in total. The van der Waals surface area contributed by atoms with Crippen molar-refractivity contribution in [2.24, 2.45) is 5.92 Å². The number of hydrogen-bond donors (Lipinski definition) is 1. The molecule has 0 aliphatic heterocycles. The van der Waals surface area contributed by atoms with E-state index in [1.165, 1.54) is 25.7 Å². The third-order valence-corrected chi connectivity index (χ3v) is 4.68. The van der Waals surface area contributed by atoms with Crippen LogP contribution >= 0.6 is 0 Å². The van der Waals surface area contributed by atoms with Crippen LogP contribution in [0.4, 0.5) is 5.69 Å². The quantitative estimate of drug-likeness (QED) is 0.875. The Morgan fingerprint density at radius 2 is 1.91 bits per heavy atom. The first kappa shape index (κ1) is 17.6. The van der Waals surface area contributed by atoms with E-state index in [2.05, 4.69) is 17.1 Å². The third-order valence-electron chi connectivity index (χ3n) is 4.68. The van der Waals surface area contributed by atoms with Gasteiger partial charge >= 0.3 is 0 Å². The molecule has 0 unspecified atom stereocenters. The number of anilines is 1. The minimum absolute atomic E-state index is 0.0189. The summed E-state index contributed by atoms with van der Waals surface area (Å²) < 4.78 is 10.5. The lowest BCUT2D eigenvalue weighted by atomic mass is 9.87. The highest BCUT2D eigenvalue weighted by molar-refractivity contribution is 5.93. The van der Waals surface area contributed by atoms with E-state index in [1.807, 2.05) is 13.1 Å². The lowest BCUT2D eigenvalue weighted by Gasteiger charge is -2.33. The van der Waals surface area contributed by atoms with Crippen LogP contribution in [0.25, 0.3) is 0 Å². The number of nitrogens with zero attached hydrogens (tertiary/aromatic N) is 1. The molecule has 0 radical (unpaired) electrons. The van der Waals surface area contributed by atoms with E-state index in [0.717, 1.165) is 5.92 Å². The van der Waals surface area contributed by atoms with Gasteiger partial charge in [-0.1, -0.05) is 6.92 Å².